The van der Waals surface area contributed by atoms with Crippen molar-refractivity contribution in [1.82, 2.24) is 19.9 Å². The number of fused-ring (bicyclic) bond motifs is 1. The van der Waals surface area contributed by atoms with Crippen LogP contribution < -0.4 is 14.8 Å². The van der Waals surface area contributed by atoms with Gasteiger partial charge in [0.05, 0.1) is 31.3 Å². The lowest BCUT2D eigenvalue weighted by Gasteiger charge is -2.13. The summed E-state index contributed by atoms with van der Waals surface area (Å²) in [6.07, 6.45) is 9.02. The van der Waals surface area contributed by atoms with Crippen LogP contribution in [0.4, 0.5) is 0 Å². The normalized spacial score (nSPS) is 11.1. The van der Waals surface area contributed by atoms with Gasteiger partial charge in [0.2, 0.25) is 0 Å². The number of aromatic nitrogens is 3. The van der Waals surface area contributed by atoms with Gasteiger partial charge in [-0.15, -0.1) is 0 Å². The van der Waals surface area contributed by atoms with Crippen molar-refractivity contribution in [3.63, 3.8) is 0 Å². The number of carbonyl (C=O) groups excluding carboxylic acids is 1. The number of methoxy groups -OCH3 is 1. The van der Waals surface area contributed by atoms with E-state index in [1.165, 1.54) is 0 Å². The number of hydrogen-bond acceptors (Lipinski definition) is 5. The van der Waals surface area contributed by atoms with Gasteiger partial charge in [0.25, 0.3) is 5.91 Å². The van der Waals surface area contributed by atoms with Crippen LogP contribution in [0.25, 0.3) is 17.1 Å². The van der Waals surface area contributed by atoms with E-state index >= 15 is 0 Å². The summed E-state index contributed by atoms with van der Waals surface area (Å²) in [5.74, 6) is 2.16. The zero-order chi connectivity index (χ0) is 24.5. The Hall–Kier alpha value is -4.13. The zero-order valence-corrected chi connectivity index (χ0v) is 20.1. The Balaban J connectivity index is 1.36. The molecule has 0 aliphatic carbocycles. The maximum Gasteiger partial charge on any atom is 0.251 e. The number of hydrogen-bond donors (Lipinski definition) is 1. The fourth-order valence-corrected chi connectivity index (χ4v) is 3.93. The van der Waals surface area contributed by atoms with Gasteiger partial charge in [-0.2, -0.15) is 0 Å². The first-order valence-corrected chi connectivity index (χ1v) is 11.8. The Morgan fingerprint density at radius 1 is 1.06 bits per heavy atom. The summed E-state index contributed by atoms with van der Waals surface area (Å²) in [6.45, 7) is 3.70. The molecule has 2 aromatic carbocycles. The SMILES string of the molecule is C/C=C/c1ccc(OCCCCn2c(CNC(=O)c3ccncc3)nc3ccccc32)c(OC)c1. The Morgan fingerprint density at radius 3 is 2.69 bits per heavy atom. The first-order chi connectivity index (χ1) is 17.2. The average molecular weight is 471 g/mol. The molecule has 0 unspecified atom stereocenters. The van der Waals surface area contributed by atoms with E-state index in [9.17, 15) is 4.79 Å². The third-order valence-corrected chi connectivity index (χ3v) is 5.66. The minimum atomic E-state index is -0.145. The number of nitrogens with one attached hydrogen (secondary N) is 1. The predicted octanol–water partition coefficient (Wildman–Crippen LogP) is 5.26. The number of nitrogens with zero attached hydrogens (tertiary/aromatic N) is 3. The van der Waals surface area contributed by atoms with Crippen LogP contribution in [-0.2, 0) is 13.1 Å². The predicted molar refractivity (Wildman–Crippen MR) is 138 cm³/mol. The van der Waals surface area contributed by atoms with Gasteiger partial charge in [-0.05, 0) is 61.7 Å². The molecule has 0 atom stereocenters. The molecule has 2 aromatic heterocycles. The molecule has 4 rings (SSSR count). The number of rotatable bonds is 11. The first kappa shape index (κ1) is 24.0. The molecule has 7 heteroatoms. The molecule has 0 aliphatic heterocycles. The fourth-order valence-electron chi connectivity index (χ4n) is 3.93. The highest BCUT2D eigenvalue weighted by molar-refractivity contribution is 5.93. The Morgan fingerprint density at radius 2 is 1.89 bits per heavy atom. The minimum Gasteiger partial charge on any atom is -0.493 e. The molecular weight excluding hydrogens is 440 g/mol. The number of carbonyl (C=O) groups is 1. The molecule has 4 aromatic rings. The number of aryl methyl sites for hydroxylation is 1. The molecule has 2 heterocycles. The number of amides is 1. The van der Waals surface area contributed by atoms with Crippen LogP contribution in [0.1, 0.15) is 41.5 Å². The van der Waals surface area contributed by atoms with Gasteiger partial charge in [-0.25, -0.2) is 4.98 Å². The third kappa shape index (κ3) is 6.06. The molecule has 0 aliphatic rings. The first-order valence-electron chi connectivity index (χ1n) is 11.8. The monoisotopic (exact) mass is 470 g/mol. The number of unbranched alkanes of at least 4 members (excludes halogenated alkanes) is 1. The molecule has 0 spiro atoms. The van der Waals surface area contributed by atoms with Crippen molar-refractivity contribution in [3.05, 3.63) is 90.0 Å². The molecule has 35 heavy (non-hydrogen) atoms. The number of imidazole rings is 1. The number of ether oxygens (including phenoxy) is 2. The van der Waals surface area contributed by atoms with Crippen molar-refractivity contribution in [2.45, 2.75) is 32.9 Å². The Kier molecular flexibility index (Phi) is 8.12. The van der Waals surface area contributed by atoms with Crippen LogP contribution in [0.2, 0.25) is 0 Å². The summed E-state index contributed by atoms with van der Waals surface area (Å²) in [4.78, 5) is 21.2. The largest absolute Gasteiger partial charge is 0.493 e. The third-order valence-electron chi connectivity index (χ3n) is 5.66. The quantitative estimate of drug-likeness (QED) is 0.303. The highest BCUT2D eigenvalue weighted by atomic mass is 16.5. The number of pyridine rings is 1. The maximum atomic E-state index is 12.5. The van der Waals surface area contributed by atoms with Crippen LogP contribution in [0.3, 0.4) is 0 Å². The van der Waals surface area contributed by atoms with Crippen LogP contribution >= 0.6 is 0 Å². The summed E-state index contributed by atoms with van der Waals surface area (Å²) >= 11 is 0. The van der Waals surface area contributed by atoms with Crippen molar-refractivity contribution in [2.24, 2.45) is 0 Å². The maximum absolute atomic E-state index is 12.5. The molecule has 180 valence electrons. The van der Waals surface area contributed by atoms with E-state index in [1.807, 2.05) is 55.5 Å². The second kappa shape index (κ2) is 11.8. The van der Waals surface area contributed by atoms with E-state index in [1.54, 1.807) is 31.6 Å². The van der Waals surface area contributed by atoms with Crippen LogP contribution in [0.15, 0.2) is 73.1 Å². The van der Waals surface area contributed by atoms with Crippen LogP contribution in [-0.4, -0.2) is 34.2 Å². The molecule has 0 saturated carbocycles. The molecular formula is C28H30N4O3. The summed E-state index contributed by atoms with van der Waals surface area (Å²) in [6, 6.07) is 17.4. The van der Waals surface area contributed by atoms with E-state index in [4.69, 9.17) is 14.5 Å². The Bertz CT molecular complexity index is 1300. The second-order valence-corrected chi connectivity index (χ2v) is 8.05. The lowest BCUT2D eigenvalue weighted by atomic mass is 10.2. The summed E-state index contributed by atoms with van der Waals surface area (Å²) < 4.78 is 13.6. The molecule has 7 nitrogen and oxygen atoms in total. The van der Waals surface area contributed by atoms with Crippen molar-refractivity contribution >= 4 is 23.0 Å². The highest BCUT2D eigenvalue weighted by Crippen LogP contribution is 2.29. The van der Waals surface area contributed by atoms with Crippen LogP contribution in [0, 0.1) is 0 Å². The Labute approximate surface area is 205 Å². The number of benzene rings is 2. The van der Waals surface area contributed by atoms with Crippen LogP contribution in [0.5, 0.6) is 11.5 Å². The summed E-state index contributed by atoms with van der Waals surface area (Å²) in [7, 11) is 1.65. The fraction of sp³-hybridized carbons (Fsp3) is 0.250. The van der Waals surface area contributed by atoms with Gasteiger partial charge < -0.3 is 19.4 Å². The average Bonchev–Trinajstić information content (AvgIpc) is 3.25. The molecule has 0 radical (unpaired) electrons. The lowest BCUT2D eigenvalue weighted by molar-refractivity contribution is 0.0949. The number of para-hydroxylation sites is 2. The van der Waals surface area contributed by atoms with E-state index in [0.717, 1.165) is 53.3 Å². The van der Waals surface area contributed by atoms with Gasteiger partial charge in [0, 0.05) is 24.5 Å². The van der Waals surface area contributed by atoms with Gasteiger partial charge in [0.1, 0.15) is 5.82 Å². The van der Waals surface area contributed by atoms with Gasteiger partial charge in [-0.3, -0.25) is 9.78 Å². The minimum absolute atomic E-state index is 0.145. The van der Waals surface area contributed by atoms with Crippen molar-refractivity contribution < 1.29 is 14.3 Å². The van der Waals surface area contributed by atoms with Crippen molar-refractivity contribution in [3.8, 4) is 11.5 Å². The van der Waals surface area contributed by atoms with Gasteiger partial charge in [0.15, 0.2) is 11.5 Å². The van der Waals surface area contributed by atoms with Crippen molar-refractivity contribution in [2.75, 3.05) is 13.7 Å². The van der Waals surface area contributed by atoms with Gasteiger partial charge >= 0.3 is 0 Å². The summed E-state index contributed by atoms with van der Waals surface area (Å²) in [5.41, 5.74) is 3.63. The van der Waals surface area contributed by atoms with E-state index in [0.29, 0.717) is 18.7 Å². The lowest BCUT2D eigenvalue weighted by Crippen LogP contribution is -2.24. The molecule has 0 bridgehead atoms. The highest BCUT2D eigenvalue weighted by Gasteiger charge is 2.12. The standard InChI is InChI=1S/C28H30N4O3/c1-3-8-21-11-12-25(26(19-21)34-2)35-18-7-6-17-32-24-10-5-4-9-23(24)31-27(32)20-30-28(33)22-13-15-29-16-14-22/h3-5,8-16,19H,6-7,17-18,20H2,1-2H3,(H,30,33)/b8-3+. The molecule has 0 fully saturated rings. The van der Waals surface area contributed by atoms with Gasteiger partial charge in [-0.1, -0.05) is 30.4 Å². The number of allylic oxidation sites excluding steroid dienone is 1. The second-order valence-electron chi connectivity index (χ2n) is 8.05. The van der Waals surface area contributed by atoms with Crippen molar-refractivity contribution in [1.29, 1.82) is 0 Å². The molecule has 1 amide bonds. The zero-order valence-electron chi connectivity index (χ0n) is 20.1. The van der Waals surface area contributed by atoms with E-state index in [2.05, 4.69) is 20.9 Å². The van der Waals surface area contributed by atoms with E-state index in [-0.39, 0.29) is 5.91 Å². The van der Waals surface area contributed by atoms with E-state index < -0.39 is 0 Å². The topological polar surface area (TPSA) is 78.3 Å². The molecule has 1 N–H and O–H groups in total. The summed E-state index contributed by atoms with van der Waals surface area (Å²) in [5, 5.41) is 2.97. The molecule has 0 saturated heterocycles. The smallest absolute Gasteiger partial charge is 0.251 e.